The first-order chi connectivity index (χ1) is 9.53. The van der Waals surface area contributed by atoms with E-state index in [4.69, 9.17) is 0 Å². The molecule has 106 valence electrons. The lowest BCUT2D eigenvalue weighted by Gasteiger charge is -2.10. The lowest BCUT2D eigenvalue weighted by Crippen LogP contribution is -2.14. The molecular formula is C15H18N2O2S. The monoisotopic (exact) mass is 290 g/mol. The number of aryl methyl sites for hydroxylation is 1. The number of hydrogen-bond acceptors (Lipinski definition) is 3. The molecule has 0 saturated carbocycles. The zero-order chi connectivity index (χ0) is 14.6. The van der Waals surface area contributed by atoms with Crippen LogP contribution >= 0.6 is 0 Å². The maximum Gasteiger partial charge on any atom is 0.262 e. The van der Waals surface area contributed by atoms with E-state index in [9.17, 15) is 8.42 Å². The fourth-order valence-corrected chi connectivity index (χ4v) is 3.27. The second kappa shape index (κ2) is 6.07. The van der Waals surface area contributed by atoms with Crippen molar-refractivity contribution < 1.29 is 8.42 Å². The molecule has 2 rings (SSSR count). The maximum absolute atomic E-state index is 12.3. The summed E-state index contributed by atoms with van der Waals surface area (Å²) in [6.45, 7) is 2.54. The van der Waals surface area contributed by atoms with Gasteiger partial charge in [0.15, 0.2) is 0 Å². The largest absolute Gasteiger partial charge is 0.316 e. The van der Waals surface area contributed by atoms with Crippen LogP contribution in [0.5, 0.6) is 0 Å². The highest BCUT2D eigenvalue weighted by molar-refractivity contribution is 7.92. The molecule has 2 aromatic carbocycles. The van der Waals surface area contributed by atoms with Gasteiger partial charge in [-0.3, -0.25) is 4.72 Å². The van der Waals surface area contributed by atoms with E-state index in [-0.39, 0.29) is 0 Å². The zero-order valence-corrected chi connectivity index (χ0v) is 12.4. The molecule has 0 fully saturated rings. The summed E-state index contributed by atoms with van der Waals surface area (Å²) in [5.41, 5.74) is 2.39. The molecule has 0 aliphatic carbocycles. The fraction of sp³-hybridized carbons (Fsp3) is 0.200. The Kier molecular flexibility index (Phi) is 4.42. The first-order valence-corrected chi connectivity index (χ1v) is 7.83. The first-order valence-electron chi connectivity index (χ1n) is 6.35. The van der Waals surface area contributed by atoms with Gasteiger partial charge in [-0.1, -0.05) is 30.3 Å². The number of anilines is 1. The van der Waals surface area contributed by atoms with E-state index in [0.29, 0.717) is 10.6 Å². The highest BCUT2D eigenvalue weighted by atomic mass is 32.2. The predicted octanol–water partition coefficient (Wildman–Crippen LogP) is 2.52. The van der Waals surface area contributed by atoms with Crippen molar-refractivity contribution in [1.29, 1.82) is 0 Å². The van der Waals surface area contributed by atoms with Gasteiger partial charge in [-0.05, 0) is 43.3 Å². The summed E-state index contributed by atoms with van der Waals surface area (Å²) in [7, 11) is -1.66. The summed E-state index contributed by atoms with van der Waals surface area (Å²) < 4.78 is 27.2. The number of hydrogen-bond donors (Lipinski definition) is 2. The second-order valence-electron chi connectivity index (χ2n) is 4.60. The van der Waals surface area contributed by atoms with Crippen LogP contribution in [0, 0.1) is 6.92 Å². The van der Waals surface area contributed by atoms with Crippen molar-refractivity contribution in [1.82, 2.24) is 5.32 Å². The van der Waals surface area contributed by atoms with Crippen LogP contribution in [0.3, 0.4) is 0 Å². The van der Waals surface area contributed by atoms with Crippen LogP contribution in [-0.2, 0) is 16.6 Å². The average molecular weight is 290 g/mol. The van der Waals surface area contributed by atoms with Crippen molar-refractivity contribution in [2.45, 2.75) is 18.4 Å². The molecule has 0 saturated heterocycles. The van der Waals surface area contributed by atoms with Gasteiger partial charge in [0.25, 0.3) is 10.0 Å². The minimum atomic E-state index is -3.53. The van der Waals surface area contributed by atoms with Crippen molar-refractivity contribution >= 4 is 15.7 Å². The van der Waals surface area contributed by atoms with Crippen LogP contribution in [0.1, 0.15) is 11.1 Å². The highest BCUT2D eigenvalue weighted by Crippen LogP contribution is 2.19. The molecule has 0 amide bonds. The summed E-state index contributed by atoms with van der Waals surface area (Å²) >= 11 is 0. The molecule has 0 unspecified atom stereocenters. The normalized spacial score (nSPS) is 11.3. The quantitative estimate of drug-likeness (QED) is 0.889. The molecule has 4 nitrogen and oxygen atoms in total. The third-order valence-corrected chi connectivity index (χ3v) is 4.51. The second-order valence-corrected chi connectivity index (χ2v) is 6.25. The number of sulfonamides is 1. The fourth-order valence-electron chi connectivity index (χ4n) is 1.96. The Hall–Kier alpha value is -1.85. The van der Waals surface area contributed by atoms with Crippen LogP contribution in [0.2, 0.25) is 0 Å². The molecule has 0 spiro atoms. The Morgan fingerprint density at radius 1 is 1.00 bits per heavy atom. The molecular weight excluding hydrogens is 272 g/mol. The van der Waals surface area contributed by atoms with Crippen LogP contribution in [0.25, 0.3) is 0 Å². The van der Waals surface area contributed by atoms with Crippen molar-refractivity contribution in [3.05, 3.63) is 59.7 Å². The molecule has 2 aromatic rings. The third-order valence-electron chi connectivity index (χ3n) is 2.97. The maximum atomic E-state index is 12.3. The van der Waals surface area contributed by atoms with Crippen molar-refractivity contribution in [3.63, 3.8) is 0 Å². The van der Waals surface area contributed by atoms with Crippen LogP contribution in [0.15, 0.2) is 53.4 Å². The zero-order valence-electron chi connectivity index (χ0n) is 11.6. The lowest BCUT2D eigenvalue weighted by atomic mass is 10.2. The van der Waals surface area contributed by atoms with Gasteiger partial charge in [0, 0.05) is 12.2 Å². The summed E-state index contributed by atoms with van der Waals surface area (Å²) in [5, 5.41) is 3.05. The van der Waals surface area contributed by atoms with Gasteiger partial charge < -0.3 is 5.32 Å². The predicted molar refractivity (Wildman–Crippen MR) is 81.2 cm³/mol. The molecule has 0 aromatic heterocycles. The van der Waals surface area contributed by atoms with Crippen LogP contribution in [0.4, 0.5) is 5.69 Å². The molecule has 0 heterocycles. The van der Waals surface area contributed by atoms with Crippen LogP contribution in [-0.4, -0.2) is 15.5 Å². The summed E-state index contributed by atoms with van der Waals surface area (Å²) in [5.74, 6) is 0. The van der Waals surface area contributed by atoms with Gasteiger partial charge in [0.2, 0.25) is 0 Å². The van der Waals surface area contributed by atoms with Gasteiger partial charge in [-0.15, -0.1) is 0 Å². The Morgan fingerprint density at radius 3 is 2.25 bits per heavy atom. The standard InChI is InChI=1S/C15H18N2O2S/c1-12-5-3-4-6-15(12)20(18,19)17-14-9-7-13(8-10-14)11-16-2/h3-10,16-17H,11H2,1-2H3. The number of rotatable bonds is 5. The van der Waals surface area contributed by atoms with Crippen molar-refractivity contribution in [2.24, 2.45) is 0 Å². The van der Waals surface area contributed by atoms with E-state index in [2.05, 4.69) is 10.0 Å². The smallest absolute Gasteiger partial charge is 0.262 e. The lowest BCUT2D eigenvalue weighted by molar-refractivity contribution is 0.600. The van der Waals surface area contributed by atoms with E-state index < -0.39 is 10.0 Å². The van der Waals surface area contributed by atoms with E-state index >= 15 is 0 Å². The molecule has 0 radical (unpaired) electrons. The number of nitrogens with one attached hydrogen (secondary N) is 2. The van der Waals surface area contributed by atoms with E-state index in [0.717, 1.165) is 17.7 Å². The molecule has 0 atom stereocenters. The van der Waals surface area contributed by atoms with Gasteiger partial charge >= 0.3 is 0 Å². The van der Waals surface area contributed by atoms with Crippen molar-refractivity contribution in [2.75, 3.05) is 11.8 Å². The Labute approximate surface area is 119 Å². The molecule has 0 aliphatic rings. The Morgan fingerprint density at radius 2 is 1.65 bits per heavy atom. The summed E-state index contributed by atoms with van der Waals surface area (Å²) in [6, 6.07) is 14.2. The summed E-state index contributed by atoms with van der Waals surface area (Å²) in [4.78, 5) is 0.305. The molecule has 20 heavy (non-hydrogen) atoms. The Bertz CT molecular complexity index is 679. The van der Waals surface area contributed by atoms with E-state index in [1.54, 1.807) is 37.3 Å². The minimum absolute atomic E-state index is 0.305. The van der Waals surface area contributed by atoms with E-state index in [1.165, 1.54) is 0 Å². The van der Waals surface area contributed by atoms with Gasteiger partial charge in [-0.2, -0.15) is 0 Å². The molecule has 0 bridgehead atoms. The van der Waals surface area contributed by atoms with Crippen molar-refractivity contribution in [3.8, 4) is 0 Å². The molecule has 5 heteroatoms. The third kappa shape index (κ3) is 3.37. The molecule has 0 aliphatic heterocycles. The van der Waals surface area contributed by atoms with Crippen LogP contribution < -0.4 is 10.0 Å². The van der Waals surface area contributed by atoms with Gasteiger partial charge in [-0.25, -0.2) is 8.42 Å². The average Bonchev–Trinajstić information content (AvgIpc) is 2.41. The Balaban J connectivity index is 2.22. The molecule has 2 N–H and O–H groups in total. The number of benzene rings is 2. The first kappa shape index (κ1) is 14.6. The highest BCUT2D eigenvalue weighted by Gasteiger charge is 2.15. The van der Waals surface area contributed by atoms with Gasteiger partial charge in [0.1, 0.15) is 0 Å². The summed E-state index contributed by atoms with van der Waals surface area (Å²) in [6.07, 6.45) is 0. The topological polar surface area (TPSA) is 58.2 Å². The minimum Gasteiger partial charge on any atom is -0.316 e. The van der Waals surface area contributed by atoms with E-state index in [1.807, 2.05) is 25.2 Å². The van der Waals surface area contributed by atoms with Gasteiger partial charge in [0.05, 0.1) is 4.90 Å². The SMILES string of the molecule is CNCc1ccc(NS(=O)(=O)c2ccccc2C)cc1.